The Kier molecular flexibility index (Phi) is 4.22. The maximum atomic E-state index is 3.67. The van der Waals surface area contributed by atoms with Gasteiger partial charge in [0, 0.05) is 37.8 Å². The summed E-state index contributed by atoms with van der Waals surface area (Å²) in [5.41, 5.74) is 0. The summed E-state index contributed by atoms with van der Waals surface area (Å²) in [6, 6.07) is 2.27. The second-order valence-electron chi connectivity index (χ2n) is 5.51. The highest BCUT2D eigenvalue weighted by Gasteiger charge is 2.35. The molecule has 0 aromatic heterocycles. The maximum absolute atomic E-state index is 3.67. The molecule has 94 valence electrons. The first-order valence-corrected chi connectivity index (χ1v) is 6.90. The zero-order valence-electron chi connectivity index (χ0n) is 11.1. The summed E-state index contributed by atoms with van der Waals surface area (Å²) in [5, 5.41) is 3.67. The Morgan fingerprint density at radius 1 is 1.25 bits per heavy atom. The first-order chi connectivity index (χ1) is 7.72. The predicted octanol–water partition coefficient (Wildman–Crippen LogP) is 1.15. The highest BCUT2D eigenvalue weighted by atomic mass is 15.3. The van der Waals surface area contributed by atoms with Gasteiger partial charge >= 0.3 is 0 Å². The molecular formula is C13H27N3. The molecule has 0 aromatic carbocycles. The second-order valence-corrected chi connectivity index (χ2v) is 5.51. The first-order valence-electron chi connectivity index (χ1n) is 6.90. The molecule has 1 heterocycles. The predicted molar refractivity (Wildman–Crippen MR) is 68.8 cm³/mol. The fourth-order valence-corrected chi connectivity index (χ4v) is 3.48. The van der Waals surface area contributed by atoms with E-state index in [0.29, 0.717) is 0 Å². The van der Waals surface area contributed by atoms with Gasteiger partial charge < -0.3 is 10.2 Å². The number of nitrogens with zero attached hydrogens (tertiary/aromatic N) is 2. The molecule has 1 N–H and O–H groups in total. The largest absolute Gasteiger partial charge is 0.313 e. The van der Waals surface area contributed by atoms with Gasteiger partial charge in [0.05, 0.1) is 0 Å². The van der Waals surface area contributed by atoms with Gasteiger partial charge in [-0.05, 0) is 33.4 Å². The number of nitrogens with one attached hydrogen (secondary N) is 1. The van der Waals surface area contributed by atoms with Crippen molar-refractivity contribution in [1.82, 2.24) is 15.1 Å². The van der Waals surface area contributed by atoms with E-state index in [1.165, 1.54) is 38.9 Å². The molecule has 2 fully saturated rings. The standard InChI is InChI=1S/C13H27N3/c1-4-14-12-6-5-7-13(12)16-9-8-15(3)10-11(16)2/h11-14H,4-10H2,1-3H3. The molecule has 0 aromatic rings. The maximum Gasteiger partial charge on any atom is 0.0253 e. The lowest BCUT2D eigenvalue weighted by Crippen LogP contribution is -2.58. The van der Waals surface area contributed by atoms with Gasteiger partial charge in [0.2, 0.25) is 0 Å². The van der Waals surface area contributed by atoms with Gasteiger partial charge in [-0.1, -0.05) is 13.3 Å². The van der Waals surface area contributed by atoms with Gasteiger partial charge in [-0.25, -0.2) is 0 Å². The van der Waals surface area contributed by atoms with Crippen LogP contribution in [0.1, 0.15) is 33.1 Å². The molecule has 16 heavy (non-hydrogen) atoms. The fourth-order valence-electron chi connectivity index (χ4n) is 3.48. The van der Waals surface area contributed by atoms with Crippen molar-refractivity contribution in [3.8, 4) is 0 Å². The van der Waals surface area contributed by atoms with Crippen LogP contribution in [0.3, 0.4) is 0 Å². The molecule has 3 nitrogen and oxygen atoms in total. The van der Waals surface area contributed by atoms with Crippen molar-refractivity contribution in [2.45, 2.75) is 51.2 Å². The second kappa shape index (κ2) is 5.48. The molecule has 0 bridgehead atoms. The molecule has 1 aliphatic heterocycles. The summed E-state index contributed by atoms with van der Waals surface area (Å²) in [5.74, 6) is 0. The van der Waals surface area contributed by atoms with Crippen LogP contribution in [0, 0.1) is 0 Å². The number of hydrogen-bond donors (Lipinski definition) is 1. The molecule has 1 aliphatic carbocycles. The van der Waals surface area contributed by atoms with E-state index in [4.69, 9.17) is 0 Å². The number of piperazine rings is 1. The molecule has 1 saturated heterocycles. The van der Waals surface area contributed by atoms with Crippen LogP contribution in [0.15, 0.2) is 0 Å². The molecule has 3 heteroatoms. The quantitative estimate of drug-likeness (QED) is 0.777. The summed E-state index contributed by atoms with van der Waals surface area (Å²) in [6.07, 6.45) is 4.17. The summed E-state index contributed by atoms with van der Waals surface area (Å²) in [7, 11) is 2.24. The molecule has 0 radical (unpaired) electrons. The van der Waals surface area contributed by atoms with Crippen molar-refractivity contribution in [3.63, 3.8) is 0 Å². The van der Waals surface area contributed by atoms with E-state index in [9.17, 15) is 0 Å². The SMILES string of the molecule is CCNC1CCCC1N1CCN(C)CC1C. The van der Waals surface area contributed by atoms with E-state index in [2.05, 4.69) is 36.0 Å². The highest BCUT2D eigenvalue weighted by Crippen LogP contribution is 2.27. The number of rotatable bonds is 3. The summed E-state index contributed by atoms with van der Waals surface area (Å²) < 4.78 is 0. The van der Waals surface area contributed by atoms with Gasteiger partial charge in [0.1, 0.15) is 0 Å². The van der Waals surface area contributed by atoms with Gasteiger partial charge in [0.25, 0.3) is 0 Å². The van der Waals surface area contributed by atoms with E-state index < -0.39 is 0 Å². The van der Waals surface area contributed by atoms with Gasteiger partial charge in [0.15, 0.2) is 0 Å². The molecule has 2 aliphatic rings. The van der Waals surface area contributed by atoms with Crippen LogP contribution < -0.4 is 5.32 Å². The first kappa shape index (κ1) is 12.3. The summed E-state index contributed by atoms with van der Waals surface area (Å²) in [6.45, 7) is 9.45. The van der Waals surface area contributed by atoms with E-state index in [1.54, 1.807) is 0 Å². The number of hydrogen-bond acceptors (Lipinski definition) is 3. The van der Waals surface area contributed by atoms with Crippen LogP contribution in [-0.2, 0) is 0 Å². The van der Waals surface area contributed by atoms with Crippen LogP contribution in [0.5, 0.6) is 0 Å². The van der Waals surface area contributed by atoms with Crippen LogP contribution in [0.25, 0.3) is 0 Å². The normalized spacial score (nSPS) is 38.1. The minimum atomic E-state index is 0.725. The van der Waals surface area contributed by atoms with Gasteiger partial charge in [-0.15, -0.1) is 0 Å². The Morgan fingerprint density at radius 2 is 2.06 bits per heavy atom. The third-order valence-corrected chi connectivity index (χ3v) is 4.25. The van der Waals surface area contributed by atoms with Crippen molar-refractivity contribution >= 4 is 0 Å². The lowest BCUT2D eigenvalue weighted by Gasteiger charge is -2.43. The highest BCUT2D eigenvalue weighted by molar-refractivity contribution is 4.94. The monoisotopic (exact) mass is 225 g/mol. The Morgan fingerprint density at radius 3 is 2.75 bits per heavy atom. The van der Waals surface area contributed by atoms with E-state index in [1.807, 2.05) is 0 Å². The van der Waals surface area contributed by atoms with Crippen LogP contribution in [0.4, 0.5) is 0 Å². The van der Waals surface area contributed by atoms with E-state index in [-0.39, 0.29) is 0 Å². The molecule has 1 saturated carbocycles. The molecule has 3 atom stereocenters. The smallest absolute Gasteiger partial charge is 0.0253 e. The van der Waals surface area contributed by atoms with Crippen LogP contribution >= 0.6 is 0 Å². The van der Waals surface area contributed by atoms with Crippen LogP contribution in [0.2, 0.25) is 0 Å². The minimum Gasteiger partial charge on any atom is -0.313 e. The van der Waals surface area contributed by atoms with E-state index in [0.717, 1.165) is 24.7 Å². The summed E-state index contributed by atoms with van der Waals surface area (Å²) in [4.78, 5) is 5.21. The number of likely N-dealkylation sites (N-methyl/N-ethyl adjacent to an activating group) is 2. The molecule has 0 amide bonds. The summed E-state index contributed by atoms with van der Waals surface area (Å²) >= 11 is 0. The molecule has 0 spiro atoms. The zero-order valence-corrected chi connectivity index (χ0v) is 11.1. The van der Waals surface area contributed by atoms with Crippen molar-refractivity contribution in [2.75, 3.05) is 33.2 Å². The fraction of sp³-hybridized carbons (Fsp3) is 1.00. The molecular weight excluding hydrogens is 198 g/mol. The molecule has 2 rings (SSSR count). The van der Waals surface area contributed by atoms with Crippen molar-refractivity contribution in [3.05, 3.63) is 0 Å². The van der Waals surface area contributed by atoms with Gasteiger partial charge in [-0.2, -0.15) is 0 Å². The average molecular weight is 225 g/mol. The van der Waals surface area contributed by atoms with Crippen LogP contribution in [-0.4, -0.2) is 61.2 Å². The third-order valence-electron chi connectivity index (χ3n) is 4.25. The Bertz CT molecular complexity index is 219. The Balaban J connectivity index is 1.95. The van der Waals surface area contributed by atoms with Crippen molar-refractivity contribution < 1.29 is 0 Å². The van der Waals surface area contributed by atoms with Gasteiger partial charge in [-0.3, -0.25) is 4.90 Å². The minimum absolute atomic E-state index is 0.725. The lowest BCUT2D eigenvalue weighted by atomic mass is 10.1. The topological polar surface area (TPSA) is 18.5 Å². The average Bonchev–Trinajstić information content (AvgIpc) is 2.67. The van der Waals surface area contributed by atoms with Crippen molar-refractivity contribution in [1.29, 1.82) is 0 Å². The Labute approximate surface area is 100 Å². The van der Waals surface area contributed by atoms with Crippen molar-refractivity contribution in [2.24, 2.45) is 0 Å². The molecule has 3 unspecified atom stereocenters. The lowest BCUT2D eigenvalue weighted by molar-refractivity contribution is 0.0530. The van der Waals surface area contributed by atoms with E-state index >= 15 is 0 Å². The third kappa shape index (κ3) is 2.58. The zero-order chi connectivity index (χ0) is 11.5. The Hall–Kier alpha value is -0.120.